The van der Waals surface area contributed by atoms with Crippen LogP contribution in [0.25, 0.3) is 0 Å². The monoisotopic (exact) mass is 595 g/mol. The summed E-state index contributed by atoms with van der Waals surface area (Å²) in [5, 5.41) is 4.58. The molecule has 0 aromatic heterocycles. The lowest BCUT2D eigenvalue weighted by atomic mass is 10.2. The highest BCUT2D eigenvalue weighted by Gasteiger charge is 2.28. The van der Waals surface area contributed by atoms with Crippen molar-refractivity contribution in [1.82, 2.24) is 9.73 Å². The third kappa shape index (κ3) is 7.92. The molecule has 10 heteroatoms. The summed E-state index contributed by atoms with van der Waals surface area (Å²) in [4.78, 5) is 12.8. The Morgan fingerprint density at radius 1 is 0.900 bits per heavy atom. The fraction of sp³-hybridized carbons (Fsp3) is 0.133. The van der Waals surface area contributed by atoms with Crippen LogP contribution < -0.4 is 10.2 Å². The summed E-state index contributed by atoms with van der Waals surface area (Å²) in [7, 11) is -4.06. The molecule has 0 aliphatic carbocycles. The molecule has 4 rings (SSSR count). The van der Waals surface area contributed by atoms with Gasteiger partial charge in [-0.3, -0.25) is 4.79 Å². The lowest BCUT2D eigenvalue weighted by Gasteiger charge is -2.22. The lowest BCUT2D eigenvalue weighted by Crippen LogP contribution is -2.39. The van der Waals surface area contributed by atoms with Crippen LogP contribution in [0.5, 0.6) is 5.75 Å². The zero-order valence-corrected chi connectivity index (χ0v) is 24.0. The smallest absolute Gasteiger partial charge is 0.255 e. The van der Waals surface area contributed by atoms with Crippen LogP contribution in [0.3, 0.4) is 0 Å². The van der Waals surface area contributed by atoms with Gasteiger partial charge in [-0.2, -0.15) is 9.41 Å². The van der Waals surface area contributed by atoms with Crippen LogP contribution >= 0.6 is 23.2 Å². The molecule has 0 aliphatic heterocycles. The first-order valence-electron chi connectivity index (χ1n) is 12.3. The molecule has 0 fully saturated rings. The third-order valence-electron chi connectivity index (χ3n) is 5.91. The number of hydrogen-bond donors (Lipinski definition) is 1. The maximum absolute atomic E-state index is 13.5. The molecule has 4 aromatic rings. The molecule has 0 spiro atoms. The summed E-state index contributed by atoms with van der Waals surface area (Å²) < 4.78 is 33.8. The van der Waals surface area contributed by atoms with Gasteiger partial charge in [0, 0.05) is 22.2 Å². The summed E-state index contributed by atoms with van der Waals surface area (Å²) >= 11 is 12.6. The second-order valence-corrected chi connectivity index (χ2v) is 11.7. The second-order valence-electron chi connectivity index (χ2n) is 8.92. The molecule has 7 nitrogen and oxygen atoms in total. The van der Waals surface area contributed by atoms with Gasteiger partial charge >= 0.3 is 0 Å². The summed E-state index contributed by atoms with van der Waals surface area (Å²) in [6.45, 7) is 1.61. The number of hydrogen-bond acceptors (Lipinski definition) is 5. The molecule has 0 heterocycles. The Morgan fingerprint density at radius 3 is 2.20 bits per heavy atom. The van der Waals surface area contributed by atoms with Crippen LogP contribution in [-0.2, 0) is 28.0 Å². The van der Waals surface area contributed by atoms with Gasteiger partial charge in [-0.1, -0.05) is 77.3 Å². The topological polar surface area (TPSA) is 88.1 Å². The Bertz CT molecular complexity index is 1560. The average molecular weight is 597 g/mol. The van der Waals surface area contributed by atoms with Crippen molar-refractivity contribution in [2.75, 3.05) is 6.54 Å². The standard InChI is InChI=1S/C30H27Cl2N3O4S/c1-22-10-16-26(17-11-22)40(37,38)35(19-27-28(31)8-5-9-29(27)32)20-30(36)34-33-18-23-12-14-25(15-13-23)39-21-24-6-3-2-4-7-24/h2-18H,19-21H2,1H3,(H,34,36)/b33-18-. The molecule has 4 aromatic carbocycles. The van der Waals surface area contributed by atoms with Crippen molar-refractivity contribution in [3.63, 3.8) is 0 Å². The van der Waals surface area contributed by atoms with E-state index in [0.29, 0.717) is 28.0 Å². The highest BCUT2D eigenvalue weighted by Crippen LogP contribution is 2.28. The van der Waals surface area contributed by atoms with E-state index in [2.05, 4.69) is 10.5 Å². The zero-order valence-electron chi connectivity index (χ0n) is 21.6. The molecule has 1 N–H and O–H groups in total. The van der Waals surface area contributed by atoms with Gasteiger partial charge in [0.25, 0.3) is 5.91 Å². The summed E-state index contributed by atoms with van der Waals surface area (Å²) in [5.74, 6) is 0.0677. The normalized spacial score (nSPS) is 11.6. The first-order chi connectivity index (χ1) is 19.2. The van der Waals surface area contributed by atoms with Gasteiger partial charge in [0.15, 0.2) is 0 Å². The van der Waals surface area contributed by atoms with Crippen LogP contribution in [0.4, 0.5) is 0 Å². The predicted octanol–water partition coefficient (Wildman–Crippen LogP) is 6.22. The number of amides is 1. The quantitative estimate of drug-likeness (QED) is 0.165. The molecule has 0 unspecified atom stereocenters. The number of aryl methyl sites for hydroxylation is 1. The number of ether oxygens (including phenoxy) is 1. The van der Waals surface area contributed by atoms with E-state index in [1.165, 1.54) is 18.3 Å². The van der Waals surface area contributed by atoms with E-state index in [9.17, 15) is 13.2 Å². The molecule has 40 heavy (non-hydrogen) atoms. The Labute approximate surface area is 244 Å². The number of sulfonamides is 1. The fourth-order valence-corrected chi connectivity index (χ4v) is 5.59. The Kier molecular flexibility index (Phi) is 9.95. The molecule has 1 amide bonds. The highest BCUT2D eigenvalue weighted by atomic mass is 35.5. The van der Waals surface area contributed by atoms with Crippen LogP contribution in [0.15, 0.2) is 107 Å². The molecule has 0 bridgehead atoms. The van der Waals surface area contributed by atoms with Crippen LogP contribution in [0, 0.1) is 6.92 Å². The van der Waals surface area contributed by atoms with Gasteiger partial charge in [0.1, 0.15) is 12.4 Å². The van der Waals surface area contributed by atoms with E-state index in [1.54, 1.807) is 54.6 Å². The predicted molar refractivity (Wildman–Crippen MR) is 158 cm³/mol. The first kappa shape index (κ1) is 29.3. The Morgan fingerprint density at radius 2 is 1.55 bits per heavy atom. The fourth-order valence-electron chi connectivity index (χ4n) is 3.71. The summed E-state index contributed by atoms with van der Waals surface area (Å²) in [6.07, 6.45) is 1.46. The van der Waals surface area contributed by atoms with Crippen LogP contribution in [0.2, 0.25) is 10.0 Å². The van der Waals surface area contributed by atoms with Crippen LogP contribution in [0.1, 0.15) is 22.3 Å². The van der Waals surface area contributed by atoms with Gasteiger partial charge in [0.05, 0.1) is 17.7 Å². The van der Waals surface area contributed by atoms with Gasteiger partial charge < -0.3 is 4.74 Å². The van der Waals surface area contributed by atoms with E-state index in [0.717, 1.165) is 21.0 Å². The number of benzene rings is 4. The largest absolute Gasteiger partial charge is 0.489 e. The van der Waals surface area contributed by atoms with E-state index in [4.69, 9.17) is 27.9 Å². The number of halogens is 2. The molecule has 0 radical (unpaired) electrons. The van der Waals surface area contributed by atoms with E-state index >= 15 is 0 Å². The second kappa shape index (κ2) is 13.6. The molecule has 206 valence electrons. The lowest BCUT2D eigenvalue weighted by molar-refractivity contribution is -0.121. The van der Waals surface area contributed by atoms with Crippen molar-refractivity contribution in [2.45, 2.75) is 25.0 Å². The molecule has 0 saturated carbocycles. The summed E-state index contributed by atoms with van der Waals surface area (Å²) in [6, 6.07) is 28.3. The number of nitrogens with one attached hydrogen (secondary N) is 1. The number of carbonyl (C=O) groups excluding carboxylic acids is 1. The maximum Gasteiger partial charge on any atom is 0.255 e. The average Bonchev–Trinajstić information content (AvgIpc) is 2.95. The number of hydrazone groups is 1. The van der Waals surface area contributed by atoms with E-state index < -0.39 is 22.5 Å². The van der Waals surface area contributed by atoms with Gasteiger partial charge in [0.2, 0.25) is 10.0 Å². The van der Waals surface area contributed by atoms with E-state index in [-0.39, 0.29) is 11.4 Å². The molecule has 0 atom stereocenters. The SMILES string of the molecule is Cc1ccc(S(=O)(=O)N(CC(=O)N/N=C\c2ccc(OCc3ccccc3)cc2)Cc2c(Cl)cccc2Cl)cc1. The van der Waals surface area contributed by atoms with Crippen molar-refractivity contribution in [3.8, 4) is 5.75 Å². The van der Waals surface area contributed by atoms with Gasteiger partial charge in [-0.05, 0) is 66.6 Å². The van der Waals surface area contributed by atoms with Crippen molar-refractivity contribution >= 4 is 45.3 Å². The highest BCUT2D eigenvalue weighted by molar-refractivity contribution is 7.89. The summed E-state index contributed by atoms with van der Waals surface area (Å²) in [5.41, 5.74) is 5.48. The minimum atomic E-state index is -4.06. The molecule has 0 aliphatic rings. The number of carbonyl (C=O) groups is 1. The van der Waals surface area contributed by atoms with E-state index in [1.807, 2.05) is 37.3 Å². The van der Waals surface area contributed by atoms with Crippen molar-refractivity contribution in [1.29, 1.82) is 0 Å². The first-order valence-corrected chi connectivity index (χ1v) is 14.5. The Hall–Kier alpha value is -3.69. The number of rotatable bonds is 11. The Balaban J connectivity index is 1.42. The molecular weight excluding hydrogens is 569 g/mol. The minimum Gasteiger partial charge on any atom is -0.489 e. The molecular formula is C30H27Cl2N3O4S. The minimum absolute atomic E-state index is 0.0483. The zero-order chi connectivity index (χ0) is 28.5. The molecule has 0 saturated heterocycles. The van der Waals surface area contributed by atoms with Crippen molar-refractivity contribution in [2.24, 2.45) is 5.10 Å². The van der Waals surface area contributed by atoms with Crippen molar-refractivity contribution in [3.05, 3.63) is 129 Å². The van der Waals surface area contributed by atoms with Crippen molar-refractivity contribution < 1.29 is 17.9 Å². The van der Waals surface area contributed by atoms with Gasteiger partial charge in [-0.15, -0.1) is 0 Å². The third-order valence-corrected chi connectivity index (χ3v) is 8.42. The number of nitrogens with zero attached hydrogens (tertiary/aromatic N) is 2. The maximum atomic E-state index is 13.5. The van der Waals surface area contributed by atoms with Gasteiger partial charge in [-0.25, -0.2) is 13.8 Å². The van der Waals surface area contributed by atoms with Crippen LogP contribution in [-0.4, -0.2) is 31.4 Å².